The van der Waals surface area contributed by atoms with Crippen LogP contribution in [0.3, 0.4) is 0 Å². The van der Waals surface area contributed by atoms with Crippen LogP contribution in [0.1, 0.15) is 48.4 Å². The number of carbonyl (C=O) groups excluding carboxylic acids is 2. The highest BCUT2D eigenvalue weighted by Crippen LogP contribution is 2.10. The van der Waals surface area contributed by atoms with Gasteiger partial charge in [0.2, 0.25) is 0 Å². The molecule has 1 aromatic carbocycles. The van der Waals surface area contributed by atoms with E-state index < -0.39 is 11.1 Å². The van der Waals surface area contributed by atoms with Gasteiger partial charge in [0.25, 0.3) is 11.8 Å². The molecule has 0 fully saturated rings. The fourth-order valence-electron chi connectivity index (χ4n) is 1.64. The smallest absolute Gasteiger partial charge is 0.251 e. The van der Waals surface area contributed by atoms with Crippen molar-refractivity contribution in [1.82, 2.24) is 10.6 Å². The molecule has 0 aliphatic heterocycles. The summed E-state index contributed by atoms with van der Waals surface area (Å²) in [5, 5.41) is 23.7. The second-order valence-electron chi connectivity index (χ2n) is 6.57. The Labute approximate surface area is 130 Å². The lowest BCUT2D eigenvalue weighted by Crippen LogP contribution is -2.47. The third-order valence-electron chi connectivity index (χ3n) is 3.08. The molecular formula is C16H24N2O4. The molecule has 0 saturated heterocycles. The zero-order valence-electron chi connectivity index (χ0n) is 13.4. The molecule has 1 aromatic rings. The lowest BCUT2D eigenvalue weighted by molar-refractivity contribution is 0.0869. The lowest BCUT2D eigenvalue weighted by Gasteiger charge is -2.24. The molecule has 122 valence electrons. The van der Waals surface area contributed by atoms with Crippen molar-refractivity contribution >= 4 is 11.8 Å². The van der Waals surface area contributed by atoms with Gasteiger partial charge in [-0.3, -0.25) is 9.59 Å². The number of hydrogen-bond donors (Lipinski definition) is 4. The first kappa shape index (κ1) is 18.1. The van der Waals surface area contributed by atoms with Crippen LogP contribution in [0.4, 0.5) is 0 Å². The number of amides is 2. The van der Waals surface area contributed by atoms with Crippen molar-refractivity contribution in [1.29, 1.82) is 0 Å². The molecule has 6 nitrogen and oxygen atoms in total. The first-order chi connectivity index (χ1) is 10.1. The van der Waals surface area contributed by atoms with Gasteiger partial charge in [-0.25, -0.2) is 0 Å². The van der Waals surface area contributed by atoms with Gasteiger partial charge in [-0.15, -0.1) is 0 Å². The highest BCUT2D eigenvalue weighted by molar-refractivity contribution is 6.00. The minimum absolute atomic E-state index is 0.191. The molecule has 1 rings (SSSR count). The molecule has 22 heavy (non-hydrogen) atoms. The third-order valence-corrected chi connectivity index (χ3v) is 3.08. The van der Waals surface area contributed by atoms with E-state index in [4.69, 9.17) is 0 Å². The van der Waals surface area contributed by atoms with Crippen LogP contribution in [-0.4, -0.2) is 46.3 Å². The zero-order valence-corrected chi connectivity index (χ0v) is 13.4. The van der Waals surface area contributed by atoms with Crippen LogP contribution in [0.15, 0.2) is 24.3 Å². The summed E-state index contributed by atoms with van der Waals surface area (Å²) < 4.78 is 0. The summed E-state index contributed by atoms with van der Waals surface area (Å²) in [4.78, 5) is 24.3. The molecule has 6 heteroatoms. The number of nitrogens with one attached hydrogen (secondary N) is 2. The van der Waals surface area contributed by atoms with E-state index >= 15 is 0 Å². The normalized spacial score (nSPS) is 11.9. The van der Waals surface area contributed by atoms with E-state index in [0.717, 1.165) is 0 Å². The summed E-state index contributed by atoms with van der Waals surface area (Å²) in [6, 6.07) is 6.28. The van der Waals surface area contributed by atoms with Crippen molar-refractivity contribution in [3.05, 3.63) is 35.4 Å². The maximum Gasteiger partial charge on any atom is 0.251 e. The molecule has 4 N–H and O–H groups in total. The van der Waals surface area contributed by atoms with Gasteiger partial charge in [-0.1, -0.05) is 6.07 Å². The van der Waals surface area contributed by atoms with E-state index in [1.165, 1.54) is 6.07 Å². The second kappa shape index (κ2) is 6.89. The van der Waals surface area contributed by atoms with Crippen molar-refractivity contribution in [2.75, 3.05) is 13.2 Å². The van der Waals surface area contributed by atoms with Gasteiger partial charge < -0.3 is 20.8 Å². The van der Waals surface area contributed by atoms with Gasteiger partial charge in [0.15, 0.2) is 0 Å². The van der Waals surface area contributed by atoms with Crippen molar-refractivity contribution in [3.8, 4) is 0 Å². The molecule has 0 aromatic heterocycles. The van der Waals surface area contributed by atoms with Crippen molar-refractivity contribution in [2.24, 2.45) is 0 Å². The van der Waals surface area contributed by atoms with E-state index in [0.29, 0.717) is 11.1 Å². The van der Waals surface area contributed by atoms with E-state index in [2.05, 4.69) is 10.6 Å². The fraction of sp³-hybridized carbons (Fsp3) is 0.500. The number of hydrogen-bond acceptors (Lipinski definition) is 4. The van der Waals surface area contributed by atoms with Crippen LogP contribution in [0.25, 0.3) is 0 Å². The predicted octanol–water partition coefficient (Wildman–Crippen LogP) is 0.688. The third kappa shape index (κ3) is 5.13. The van der Waals surface area contributed by atoms with Gasteiger partial charge in [-0.05, 0) is 45.9 Å². The summed E-state index contributed by atoms with van der Waals surface area (Å²) in [6.07, 6.45) is 0. The number of benzene rings is 1. The Morgan fingerprint density at radius 3 is 1.59 bits per heavy atom. The van der Waals surface area contributed by atoms with Crippen LogP contribution in [0.2, 0.25) is 0 Å². The summed E-state index contributed by atoms with van der Waals surface area (Å²) in [7, 11) is 0. The van der Waals surface area contributed by atoms with E-state index in [1.54, 1.807) is 45.9 Å². The predicted molar refractivity (Wildman–Crippen MR) is 83.7 cm³/mol. The maximum absolute atomic E-state index is 12.1. The zero-order chi connectivity index (χ0) is 17.0. The average Bonchev–Trinajstić information content (AvgIpc) is 2.46. The van der Waals surface area contributed by atoms with Crippen LogP contribution in [0.5, 0.6) is 0 Å². The first-order valence-electron chi connectivity index (χ1n) is 7.07. The van der Waals surface area contributed by atoms with Gasteiger partial charge in [0, 0.05) is 11.1 Å². The topological polar surface area (TPSA) is 98.7 Å². The molecule has 0 atom stereocenters. The van der Waals surface area contributed by atoms with Gasteiger partial charge in [0.1, 0.15) is 0 Å². The lowest BCUT2D eigenvalue weighted by atomic mass is 10.0. The van der Waals surface area contributed by atoms with Crippen LogP contribution >= 0.6 is 0 Å². The summed E-state index contributed by atoms with van der Waals surface area (Å²) in [5.41, 5.74) is -0.824. The number of rotatable bonds is 6. The molecule has 0 saturated carbocycles. The summed E-state index contributed by atoms with van der Waals surface area (Å²) >= 11 is 0. The maximum atomic E-state index is 12.1. The fourth-order valence-corrected chi connectivity index (χ4v) is 1.64. The molecule has 2 amide bonds. The molecule has 0 bridgehead atoms. The first-order valence-corrected chi connectivity index (χ1v) is 7.07. The van der Waals surface area contributed by atoms with Crippen molar-refractivity contribution < 1.29 is 19.8 Å². The minimum Gasteiger partial charge on any atom is -0.394 e. The Hall–Kier alpha value is -1.92. The van der Waals surface area contributed by atoms with Crippen molar-refractivity contribution in [2.45, 2.75) is 38.8 Å². The molecular weight excluding hydrogens is 284 g/mol. The standard InChI is InChI=1S/C16H24N2O4/c1-15(2,9-19)17-13(21)11-6-5-7-12(8-11)14(22)18-16(3,4)10-20/h5-8,19-20H,9-10H2,1-4H3,(H,17,21)(H,18,22). The monoisotopic (exact) mass is 308 g/mol. The second-order valence-corrected chi connectivity index (χ2v) is 6.57. The Morgan fingerprint density at radius 1 is 0.909 bits per heavy atom. The van der Waals surface area contributed by atoms with Gasteiger partial charge in [0.05, 0.1) is 24.3 Å². The molecule has 0 radical (unpaired) electrons. The highest BCUT2D eigenvalue weighted by atomic mass is 16.3. The van der Waals surface area contributed by atoms with Gasteiger partial charge >= 0.3 is 0 Å². The Bertz CT molecular complexity index is 508. The van der Waals surface area contributed by atoms with Crippen molar-refractivity contribution in [3.63, 3.8) is 0 Å². The SMILES string of the molecule is CC(C)(CO)NC(=O)c1cccc(C(=O)NC(C)(C)CO)c1. The van der Waals surface area contributed by atoms with E-state index in [-0.39, 0.29) is 25.0 Å². The summed E-state index contributed by atoms with van der Waals surface area (Å²) in [5.74, 6) is -0.731. The number of carbonyl (C=O) groups is 2. The number of aliphatic hydroxyl groups is 2. The summed E-state index contributed by atoms with van der Waals surface area (Å²) in [6.45, 7) is 6.42. The molecule has 0 spiro atoms. The quantitative estimate of drug-likeness (QED) is 0.621. The van der Waals surface area contributed by atoms with Gasteiger partial charge in [-0.2, -0.15) is 0 Å². The van der Waals surface area contributed by atoms with Crippen LogP contribution < -0.4 is 10.6 Å². The average molecular weight is 308 g/mol. The molecule has 0 heterocycles. The van der Waals surface area contributed by atoms with E-state index in [1.807, 2.05) is 0 Å². The molecule has 0 aliphatic carbocycles. The molecule has 0 unspecified atom stereocenters. The highest BCUT2D eigenvalue weighted by Gasteiger charge is 2.22. The Balaban J connectivity index is 2.90. The van der Waals surface area contributed by atoms with Crippen LogP contribution in [-0.2, 0) is 0 Å². The van der Waals surface area contributed by atoms with E-state index in [9.17, 15) is 19.8 Å². The Morgan fingerprint density at radius 2 is 1.27 bits per heavy atom. The number of aliphatic hydroxyl groups excluding tert-OH is 2. The minimum atomic E-state index is -0.742. The van der Waals surface area contributed by atoms with Crippen LogP contribution in [0, 0.1) is 0 Å². The Kier molecular flexibility index (Phi) is 5.68. The largest absolute Gasteiger partial charge is 0.394 e. The molecule has 0 aliphatic rings.